The minimum Gasteiger partial charge on any atom is -0.459 e. The summed E-state index contributed by atoms with van der Waals surface area (Å²) in [6, 6.07) is 8.89. The molecule has 0 bridgehead atoms. The molecule has 0 saturated heterocycles. The molecule has 0 fully saturated rings. The van der Waals surface area contributed by atoms with E-state index in [9.17, 15) is 0 Å². The summed E-state index contributed by atoms with van der Waals surface area (Å²) >= 11 is 0. The monoisotopic (exact) mass is 245 g/mol. The van der Waals surface area contributed by atoms with Gasteiger partial charge in [-0.25, -0.2) is 0 Å². The highest BCUT2D eigenvalue weighted by atomic mass is 16.3. The van der Waals surface area contributed by atoms with Crippen molar-refractivity contribution in [1.82, 2.24) is 5.32 Å². The molecule has 18 heavy (non-hydrogen) atoms. The van der Waals surface area contributed by atoms with Crippen LogP contribution in [0.5, 0.6) is 0 Å². The van der Waals surface area contributed by atoms with E-state index in [0.29, 0.717) is 0 Å². The lowest BCUT2D eigenvalue weighted by molar-refractivity contribution is 0.459. The van der Waals surface area contributed by atoms with E-state index in [2.05, 4.69) is 64.2 Å². The topological polar surface area (TPSA) is 25.2 Å². The summed E-state index contributed by atoms with van der Waals surface area (Å²) < 4.78 is 5.89. The summed E-state index contributed by atoms with van der Waals surface area (Å²) in [5.41, 5.74) is 2.50. The van der Waals surface area contributed by atoms with Gasteiger partial charge in [-0.2, -0.15) is 0 Å². The van der Waals surface area contributed by atoms with E-state index in [0.717, 1.165) is 17.9 Å². The lowest BCUT2D eigenvalue weighted by Gasteiger charge is -2.18. The largest absolute Gasteiger partial charge is 0.459 e. The number of fused-ring (bicyclic) bond motifs is 1. The average molecular weight is 245 g/mol. The number of benzene rings is 1. The van der Waals surface area contributed by atoms with Crippen LogP contribution in [0.4, 0.5) is 0 Å². The number of rotatable bonds is 3. The van der Waals surface area contributed by atoms with Crippen LogP contribution in [0.25, 0.3) is 11.0 Å². The Bertz CT molecular complexity index is 534. The first-order chi connectivity index (χ1) is 8.41. The lowest BCUT2D eigenvalue weighted by Crippen LogP contribution is -2.16. The molecule has 1 heterocycles. The van der Waals surface area contributed by atoms with E-state index >= 15 is 0 Å². The molecule has 98 valence electrons. The predicted molar refractivity (Wildman–Crippen MR) is 77.0 cm³/mol. The van der Waals surface area contributed by atoms with Gasteiger partial charge in [0.1, 0.15) is 11.3 Å². The summed E-state index contributed by atoms with van der Waals surface area (Å²) in [6.07, 6.45) is 0. The molecule has 0 spiro atoms. The number of furan rings is 1. The Kier molecular flexibility index (Phi) is 3.49. The second-order valence-electron chi connectivity index (χ2n) is 5.93. The molecule has 2 nitrogen and oxygen atoms in total. The second kappa shape index (κ2) is 4.77. The zero-order valence-electron chi connectivity index (χ0n) is 12.0. The minimum atomic E-state index is 0.179. The van der Waals surface area contributed by atoms with Gasteiger partial charge >= 0.3 is 0 Å². The molecule has 1 unspecified atom stereocenters. The third-order valence-corrected chi connectivity index (χ3v) is 3.34. The van der Waals surface area contributed by atoms with Crippen LogP contribution in [0, 0.1) is 0 Å². The molecule has 2 heteroatoms. The first-order valence-corrected chi connectivity index (χ1v) is 6.69. The van der Waals surface area contributed by atoms with Crippen LogP contribution in [0.2, 0.25) is 0 Å². The van der Waals surface area contributed by atoms with Crippen LogP contribution in [0.15, 0.2) is 28.7 Å². The van der Waals surface area contributed by atoms with Gasteiger partial charge in [-0.1, -0.05) is 33.8 Å². The molecule has 0 aliphatic rings. The van der Waals surface area contributed by atoms with Gasteiger partial charge < -0.3 is 9.73 Å². The van der Waals surface area contributed by atoms with Gasteiger partial charge in [0.15, 0.2) is 0 Å². The van der Waals surface area contributed by atoms with Crippen LogP contribution < -0.4 is 5.32 Å². The third kappa shape index (κ3) is 2.59. The summed E-state index contributed by atoms with van der Waals surface area (Å²) in [5, 5.41) is 4.57. The van der Waals surface area contributed by atoms with Crippen molar-refractivity contribution in [1.29, 1.82) is 0 Å². The van der Waals surface area contributed by atoms with Crippen molar-refractivity contribution in [3.63, 3.8) is 0 Å². The Morgan fingerprint density at radius 1 is 1.22 bits per heavy atom. The van der Waals surface area contributed by atoms with Gasteiger partial charge in [-0.05, 0) is 42.6 Å². The fourth-order valence-corrected chi connectivity index (χ4v) is 2.15. The quantitative estimate of drug-likeness (QED) is 0.867. The van der Waals surface area contributed by atoms with Crippen molar-refractivity contribution < 1.29 is 4.42 Å². The van der Waals surface area contributed by atoms with Crippen molar-refractivity contribution in [2.45, 2.75) is 46.1 Å². The van der Waals surface area contributed by atoms with Crippen LogP contribution in [-0.4, -0.2) is 6.54 Å². The van der Waals surface area contributed by atoms with Gasteiger partial charge in [-0.3, -0.25) is 0 Å². The average Bonchev–Trinajstić information content (AvgIpc) is 2.70. The predicted octanol–water partition coefficient (Wildman–Crippen LogP) is 4.40. The van der Waals surface area contributed by atoms with Crippen LogP contribution >= 0.6 is 0 Å². The standard InChI is InChI=1S/C16H23NO/c1-6-17-11(2)15-10-12-9-13(16(3,4)5)7-8-14(12)18-15/h7-11,17H,6H2,1-5H3. The summed E-state index contributed by atoms with van der Waals surface area (Å²) in [5.74, 6) is 1.01. The molecular weight excluding hydrogens is 222 g/mol. The first-order valence-electron chi connectivity index (χ1n) is 6.69. The zero-order chi connectivity index (χ0) is 13.3. The maximum absolute atomic E-state index is 5.89. The van der Waals surface area contributed by atoms with Crippen molar-refractivity contribution >= 4 is 11.0 Å². The summed E-state index contributed by atoms with van der Waals surface area (Å²) in [4.78, 5) is 0. The van der Waals surface area contributed by atoms with Crippen LogP contribution in [-0.2, 0) is 5.41 Å². The highest BCUT2D eigenvalue weighted by Crippen LogP contribution is 2.29. The van der Waals surface area contributed by atoms with Crippen LogP contribution in [0.1, 0.15) is 52.0 Å². The summed E-state index contributed by atoms with van der Waals surface area (Å²) in [6.45, 7) is 11.9. The molecule has 0 saturated carbocycles. The fraction of sp³-hybridized carbons (Fsp3) is 0.500. The zero-order valence-corrected chi connectivity index (χ0v) is 12.0. The molecule has 1 N–H and O–H groups in total. The highest BCUT2D eigenvalue weighted by Gasteiger charge is 2.16. The van der Waals surface area contributed by atoms with Crippen LogP contribution in [0.3, 0.4) is 0 Å². The molecule has 1 aromatic heterocycles. The van der Waals surface area contributed by atoms with Gasteiger partial charge in [0.25, 0.3) is 0 Å². The fourth-order valence-electron chi connectivity index (χ4n) is 2.15. The minimum absolute atomic E-state index is 0.179. The Hall–Kier alpha value is -1.28. The van der Waals surface area contributed by atoms with E-state index < -0.39 is 0 Å². The second-order valence-corrected chi connectivity index (χ2v) is 5.93. The van der Waals surface area contributed by atoms with E-state index in [-0.39, 0.29) is 11.5 Å². The summed E-state index contributed by atoms with van der Waals surface area (Å²) in [7, 11) is 0. The van der Waals surface area contributed by atoms with E-state index in [1.165, 1.54) is 10.9 Å². The normalized spacial score (nSPS) is 14.1. The van der Waals surface area contributed by atoms with E-state index in [1.54, 1.807) is 0 Å². The van der Waals surface area contributed by atoms with E-state index in [1.807, 2.05) is 0 Å². The van der Waals surface area contributed by atoms with E-state index in [4.69, 9.17) is 4.42 Å². The molecule has 0 amide bonds. The van der Waals surface area contributed by atoms with Crippen molar-refractivity contribution in [3.8, 4) is 0 Å². The number of hydrogen-bond donors (Lipinski definition) is 1. The molecule has 0 aliphatic heterocycles. The molecule has 0 aliphatic carbocycles. The molecular formula is C16H23NO. The van der Waals surface area contributed by atoms with Crippen molar-refractivity contribution in [3.05, 3.63) is 35.6 Å². The third-order valence-electron chi connectivity index (χ3n) is 3.34. The maximum atomic E-state index is 5.89. The molecule has 1 atom stereocenters. The molecule has 0 radical (unpaired) electrons. The lowest BCUT2D eigenvalue weighted by atomic mass is 9.86. The van der Waals surface area contributed by atoms with Crippen molar-refractivity contribution in [2.24, 2.45) is 0 Å². The SMILES string of the molecule is CCNC(C)c1cc2cc(C(C)(C)C)ccc2o1. The molecule has 2 rings (SSSR count). The Morgan fingerprint density at radius 3 is 2.56 bits per heavy atom. The Labute approximate surface area is 109 Å². The van der Waals surface area contributed by atoms with Gasteiger partial charge in [0.05, 0.1) is 6.04 Å². The number of hydrogen-bond acceptors (Lipinski definition) is 2. The molecule has 1 aromatic carbocycles. The Morgan fingerprint density at radius 2 is 1.94 bits per heavy atom. The van der Waals surface area contributed by atoms with Crippen molar-refractivity contribution in [2.75, 3.05) is 6.54 Å². The highest BCUT2D eigenvalue weighted by molar-refractivity contribution is 5.79. The number of nitrogens with one attached hydrogen (secondary N) is 1. The smallest absolute Gasteiger partial charge is 0.134 e. The van der Waals surface area contributed by atoms with Gasteiger partial charge in [-0.15, -0.1) is 0 Å². The maximum Gasteiger partial charge on any atom is 0.134 e. The van der Waals surface area contributed by atoms with Gasteiger partial charge in [0, 0.05) is 5.39 Å². The van der Waals surface area contributed by atoms with Gasteiger partial charge in [0.2, 0.25) is 0 Å². The molecule has 2 aromatic rings. The Balaban J connectivity index is 2.40. The first kappa shape index (κ1) is 13.2.